The first-order chi connectivity index (χ1) is 12.1. The van der Waals surface area contributed by atoms with Crippen LogP contribution < -0.4 is 5.69 Å². The number of nitrogens with one attached hydrogen (secondary N) is 2. The molecule has 2 N–H and O–H groups in total. The second-order valence-corrected chi connectivity index (χ2v) is 6.58. The van der Waals surface area contributed by atoms with Gasteiger partial charge in [0.05, 0.1) is 12.7 Å². The lowest BCUT2D eigenvalue weighted by atomic mass is 9.97. The number of aryl methyl sites for hydroxylation is 1. The molecule has 1 atom stereocenters. The SMILES string of the molecule is Cc1c(-c2cc(CN3CCCC(c4n[nH]c(=O)[nH]4)C3)on2)cnn1C. The molecule has 4 rings (SSSR count). The van der Waals surface area contributed by atoms with E-state index in [1.807, 2.05) is 30.9 Å². The molecule has 1 unspecified atom stereocenters. The fourth-order valence-corrected chi connectivity index (χ4v) is 3.38. The molecule has 1 aliphatic heterocycles. The van der Waals surface area contributed by atoms with Gasteiger partial charge >= 0.3 is 5.69 Å². The zero-order valence-electron chi connectivity index (χ0n) is 14.3. The lowest BCUT2D eigenvalue weighted by Crippen LogP contribution is -2.34. The highest BCUT2D eigenvalue weighted by Crippen LogP contribution is 2.26. The molecular weight excluding hydrogens is 322 g/mol. The van der Waals surface area contributed by atoms with E-state index in [-0.39, 0.29) is 11.6 Å². The topological polar surface area (TPSA) is 109 Å². The van der Waals surface area contributed by atoms with Crippen molar-refractivity contribution in [3.8, 4) is 11.3 Å². The van der Waals surface area contributed by atoms with Crippen molar-refractivity contribution in [3.05, 3.63) is 40.0 Å². The van der Waals surface area contributed by atoms with Gasteiger partial charge in [-0.15, -0.1) is 0 Å². The number of rotatable bonds is 4. The maximum atomic E-state index is 11.3. The number of hydrogen-bond acceptors (Lipinski definition) is 6. The number of aromatic nitrogens is 6. The summed E-state index contributed by atoms with van der Waals surface area (Å²) in [6.45, 7) is 4.53. The van der Waals surface area contributed by atoms with Gasteiger partial charge < -0.3 is 4.52 Å². The van der Waals surface area contributed by atoms with Crippen molar-refractivity contribution in [2.75, 3.05) is 13.1 Å². The third-order valence-electron chi connectivity index (χ3n) is 4.86. The molecule has 9 nitrogen and oxygen atoms in total. The van der Waals surface area contributed by atoms with Gasteiger partial charge in [-0.2, -0.15) is 10.2 Å². The van der Waals surface area contributed by atoms with E-state index < -0.39 is 0 Å². The zero-order chi connectivity index (χ0) is 17.4. The van der Waals surface area contributed by atoms with Gasteiger partial charge in [0.2, 0.25) is 0 Å². The molecule has 0 saturated carbocycles. The van der Waals surface area contributed by atoms with Gasteiger partial charge in [-0.3, -0.25) is 14.6 Å². The van der Waals surface area contributed by atoms with Gasteiger partial charge in [-0.1, -0.05) is 5.16 Å². The molecular formula is C16H21N7O2. The standard InChI is InChI=1S/C16H21N7O2/c1-10-13(7-17-22(10)2)14-6-12(25-21-14)9-23-5-3-4-11(8-23)15-18-16(24)20-19-15/h6-7,11H,3-5,8-9H2,1-2H3,(H2,18,19,20,24). The van der Waals surface area contributed by atoms with Crippen molar-refractivity contribution in [1.82, 2.24) is 35.0 Å². The van der Waals surface area contributed by atoms with Gasteiger partial charge in [0, 0.05) is 36.8 Å². The number of piperidine rings is 1. The van der Waals surface area contributed by atoms with Gasteiger partial charge in [-0.05, 0) is 26.3 Å². The molecule has 3 aromatic rings. The Morgan fingerprint density at radius 1 is 1.44 bits per heavy atom. The number of hydrogen-bond donors (Lipinski definition) is 2. The predicted octanol–water partition coefficient (Wildman–Crippen LogP) is 1.17. The highest BCUT2D eigenvalue weighted by Gasteiger charge is 2.25. The zero-order valence-corrected chi connectivity index (χ0v) is 14.3. The molecule has 132 valence electrons. The Hall–Kier alpha value is -2.68. The van der Waals surface area contributed by atoms with Crippen LogP contribution in [0.1, 0.15) is 36.0 Å². The summed E-state index contributed by atoms with van der Waals surface area (Å²) >= 11 is 0. The molecule has 9 heteroatoms. The summed E-state index contributed by atoms with van der Waals surface area (Å²) in [5.41, 5.74) is 2.60. The molecule has 0 spiro atoms. The van der Waals surface area contributed by atoms with Crippen molar-refractivity contribution in [2.45, 2.75) is 32.2 Å². The smallest absolute Gasteiger partial charge is 0.340 e. The minimum atomic E-state index is -0.251. The monoisotopic (exact) mass is 343 g/mol. The van der Waals surface area contributed by atoms with Crippen molar-refractivity contribution < 1.29 is 4.52 Å². The van der Waals surface area contributed by atoms with Crippen molar-refractivity contribution in [1.29, 1.82) is 0 Å². The fourth-order valence-electron chi connectivity index (χ4n) is 3.38. The first-order valence-electron chi connectivity index (χ1n) is 8.41. The number of H-pyrrole nitrogens is 2. The van der Waals surface area contributed by atoms with Crippen LogP contribution in [-0.2, 0) is 13.6 Å². The summed E-state index contributed by atoms with van der Waals surface area (Å²) in [6.07, 6.45) is 3.89. The minimum absolute atomic E-state index is 0.232. The second kappa shape index (κ2) is 6.32. The van der Waals surface area contributed by atoms with E-state index in [2.05, 4.69) is 30.3 Å². The summed E-state index contributed by atoms with van der Waals surface area (Å²) in [7, 11) is 1.91. The summed E-state index contributed by atoms with van der Waals surface area (Å²) in [6, 6.07) is 1.98. The van der Waals surface area contributed by atoms with E-state index in [9.17, 15) is 4.79 Å². The van der Waals surface area contributed by atoms with Crippen LogP contribution in [0.25, 0.3) is 11.3 Å². The third kappa shape index (κ3) is 3.14. The summed E-state index contributed by atoms with van der Waals surface area (Å²) in [5, 5.41) is 15.0. The van der Waals surface area contributed by atoms with E-state index >= 15 is 0 Å². The highest BCUT2D eigenvalue weighted by molar-refractivity contribution is 5.60. The number of likely N-dealkylation sites (tertiary alicyclic amines) is 1. The summed E-state index contributed by atoms with van der Waals surface area (Å²) < 4.78 is 7.35. The maximum Gasteiger partial charge on any atom is 0.340 e. The summed E-state index contributed by atoms with van der Waals surface area (Å²) in [5.74, 6) is 1.80. The number of nitrogens with zero attached hydrogens (tertiary/aromatic N) is 5. The third-order valence-corrected chi connectivity index (χ3v) is 4.86. The summed E-state index contributed by atoms with van der Waals surface area (Å²) in [4.78, 5) is 16.3. The van der Waals surface area contributed by atoms with Gasteiger partial charge in [0.1, 0.15) is 11.5 Å². The second-order valence-electron chi connectivity index (χ2n) is 6.58. The molecule has 1 saturated heterocycles. The normalized spacial score (nSPS) is 18.7. The molecule has 0 aromatic carbocycles. The Morgan fingerprint density at radius 2 is 2.32 bits per heavy atom. The largest absolute Gasteiger partial charge is 0.359 e. The quantitative estimate of drug-likeness (QED) is 0.736. The maximum absolute atomic E-state index is 11.3. The van der Waals surface area contributed by atoms with E-state index in [0.717, 1.165) is 54.5 Å². The molecule has 1 fully saturated rings. The average molecular weight is 343 g/mol. The van der Waals surface area contributed by atoms with Gasteiger partial charge in [0.25, 0.3) is 0 Å². The molecule has 0 aliphatic carbocycles. The molecule has 1 aliphatic rings. The van der Waals surface area contributed by atoms with Crippen LogP contribution in [0.4, 0.5) is 0 Å². The Bertz CT molecular complexity index is 919. The molecule has 3 aromatic heterocycles. The van der Waals surface area contributed by atoms with Crippen LogP contribution in [0.3, 0.4) is 0 Å². The first-order valence-corrected chi connectivity index (χ1v) is 8.41. The fraction of sp³-hybridized carbons (Fsp3) is 0.500. The van der Waals surface area contributed by atoms with Gasteiger partial charge in [-0.25, -0.2) is 9.89 Å². The van der Waals surface area contributed by atoms with Crippen LogP contribution in [-0.4, -0.2) is 48.1 Å². The van der Waals surface area contributed by atoms with E-state index in [4.69, 9.17) is 4.52 Å². The van der Waals surface area contributed by atoms with E-state index in [1.165, 1.54) is 0 Å². The lowest BCUT2D eigenvalue weighted by molar-refractivity contribution is 0.177. The van der Waals surface area contributed by atoms with Gasteiger partial charge in [0.15, 0.2) is 5.76 Å². The molecule has 4 heterocycles. The van der Waals surface area contributed by atoms with Crippen molar-refractivity contribution in [2.24, 2.45) is 7.05 Å². The van der Waals surface area contributed by atoms with Crippen LogP contribution in [0, 0.1) is 6.92 Å². The van der Waals surface area contributed by atoms with Crippen molar-refractivity contribution in [3.63, 3.8) is 0 Å². The van der Waals surface area contributed by atoms with Crippen molar-refractivity contribution >= 4 is 0 Å². The van der Waals surface area contributed by atoms with Crippen LogP contribution in [0.2, 0.25) is 0 Å². The van der Waals surface area contributed by atoms with E-state index in [1.54, 1.807) is 0 Å². The lowest BCUT2D eigenvalue weighted by Gasteiger charge is -2.30. The van der Waals surface area contributed by atoms with Crippen LogP contribution >= 0.6 is 0 Å². The highest BCUT2D eigenvalue weighted by atomic mass is 16.5. The minimum Gasteiger partial charge on any atom is -0.359 e. The molecule has 0 radical (unpaired) electrons. The molecule has 0 amide bonds. The number of aromatic amines is 2. The van der Waals surface area contributed by atoms with Crippen LogP contribution in [0.5, 0.6) is 0 Å². The Labute approximate surface area is 144 Å². The Balaban J connectivity index is 1.45. The first kappa shape index (κ1) is 15.8. The Kier molecular flexibility index (Phi) is 4.00. The molecule has 25 heavy (non-hydrogen) atoms. The average Bonchev–Trinajstić information content (AvgIpc) is 3.31. The Morgan fingerprint density at radius 3 is 3.04 bits per heavy atom. The van der Waals surface area contributed by atoms with E-state index in [0.29, 0.717) is 6.54 Å². The predicted molar refractivity (Wildman–Crippen MR) is 89.9 cm³/mol. The van der Waals surface area contributed by atoms with Crippen LogP contribution in [0.15, 0.2) is 21.6 Å². The molecule has 0 bridgehead atoms.